The van der Waals surface area contributed by atoms with Crippen LogP contribution >= 0.6 is 12.4 Å². The van der Waals surface area contributed by atoms with Gasteiger partial charge in [-0.15, -0.1) is 12.4 Å². The Morgan fingerprint density at radius 1 is 1.19 bits per heavy atom. The van der Waals surface area contributed by atoms with Gasteiger partial charge >= 0.3 is 6.18 Å². The van der Waals surface area contributed by atoms with Gasteiger partial charge in [-0.25, -0.2) is 0 Å². The summed E-state index contributed by atoms with van der Waals surface area (Å²) in [7, 11) is 0. The van der Waals surface area contributed by atoms with Crippen molar-refractivity contribution < 1.29 is 22.7 Å². The van der Waals surface area contributed by atoms with E-state index in [2.05, 4.69) is 5.32 Å². The molecule has 2 aromatic rings. The molecule has 148 valence electrons. The molecule has 2 unspecified atom stereocenters. The average molecular weight is 403 g/mol. The highest BCUT2D eigenvalue weighted by Gasteiger charge is 2.28. The normalized spacial score (nSPS) is 13.3. The fourth-order valence-corrected chi connectivity index (χ4v) is 2.43. The smallest absolute Gasteiger partial charge is 0.422 e. The van der Waals surface area contributed by atoms with Crippen LogP contribution in [-0.4, -0.2) is 18.7 Å². The van der Waals surface area contributed by atoms with Gasteiger partial charge in [0.25, 0.3) is 0 Å². The molecular formula is C19H22ClF3N2O2. The monoisotopic (exact) mass is 402 g/mol. The topological polar surface area (TPSA) is 64.4 Å². The van der Waals surface area contributed by atoms with Crippen LogP contribution in [0.4, 0.5) is 18.9 Å². The van der Waals surface area contributed by atoms with Gasteiger partial charge in [0, 0.05) is 11.7 Å². The minimum absolute atomic E-state index is 0. The Labute approximate surface area is 162 Å². The molecule has 0 bridgehead atoms. The lowest BCUT2D eigenvalue weighted by atomic mass is 9.94. The van der Waals surface area contributed by atoms with E-state index in [1.165, 1.54) is 12.1 Å². The van der Waals surface area contributed by atoms with Gasteiger partial charge in [0.05, 0.1) is 5.92 Å². The molecule has 2 rings (SSSR count). The first-order valence-corrected chi connectivity index (χ1v) is 8.09. The highest BCUT2D eigenvalue weighted by Crippen LogP contribution is 2.26. The van der Waals surface area contributed by atoms with Crippen molar-refractivity contribution in [3.63, 3.8) is 0 Å². The highest BCUT2D eigenvalue weighted by atomic mass is 35.5. The summed E-state index contributed by atoms with van der Waals surface area (Å²) >= 11 is 0. The Balaban J connectivity index is 0.00000364. The number of nitrogens with two attached hydrogens (primary N) is 1. The van der Waals surface area contributed by atoms with Crippen molar-refractivity contribution in [3.8, 4) is 5.75 Å². The summed E-state index contributed by atoms with van der Waals surface area (Å²) in [6, 6.07) is 13.3. The minimum Gasteiger partial charge on any atom is -0.484 e. The van der Waals surface area contributed by atoms with E-state index in [1.807, 2.05) is 30.3 Å². The molecule has 8 heteroatoms. The Kier molecular flexibility index (Phi) is 8.12. The number of carbonyl (C=O) groups excluding carboxylic acids is 1. The number of benzene rings is 2. The highest BCUT2D eigenvalue weighted by molar-refractivity contribution is 5.93. The molecule has 0 radical (unpaired) electrons. The van der Waals surface area contributed by atoms with Gasteiger partial charge in [0.15, 0.2) is 6.61 Å². The summed E-state index contributed by atoms with van der Waals surface area (Å²) in [5, 5.41) is 2.74. The van der Waals surface area contributed by atoms with E-state index in [0.29, 0.717) is 11.3 Å². The van der Waals surface area contributed by atoms with Gasteiger partial charge in [-0.1, -0.05) is 37.3 Å². The predicted molar refractivity (Wildman–Crippen MR) is 101 cm³/mol. The van der Waals surface area contributed by atoms with Crippen molar-refractivity contribution >= 4 is 24.0 Å². The summed E-state index contributed by atoms with van der Waals surface area (Å²) in [5.74, 6) is -0.641. The number of carbonyl (C=O) groups is 1. The van der Waals surface area contributed by atoms with Crippen LogP contribution in [0.5, 0.6) is 5.75 Å². The summed E-state index contributed by atoms with van der Waals surface area (Å²) in [6.07, 6.45) is -4.40. The molecule has 2 aromatic carbocycles. The number of hydrogen-bond acceptors (Lipinski definition) is 3. The molecule has 0 heterocycles. The van der Waals surface area contributed by atoms with E-state index < -0.39 is 24.7 Å². The van der Waals surface area contributed by atoms with E-state index in [-0.39, 0.29) is 24.1 Å². The molecule has 0 aliphatic rings. The largest absolute Gasteiger partial charge is 0.484 e. The molecule has 0 aromatic heterocycles. The van der Waals surface area contributed by atoms with E-state index in [9.17, 15) is 18.0 Å². The second kappa shape index (κ2) is 9.62. The van der Waals surface area contributed by atoms with E-state index in [1.54, 1.807) is 19.9 Å². The third kappa shape index (κ3) is 6.77. The van der Waals surface area contributed by atoms with Crippen molar-refractivity contribution in [2.24, 2.45) is 11.7 Å². The number of ether oxygens (including phenoxy) is 1. The Bertz CT molecular complexity index is 754. The van der Waals surface area contributed by atoms with Gasteiger partial charge in [-0.05, 0) is 36.2 Å². The lowest BCUT2D eigenvalue weighted by Gasteiger charge is -2.20. The molecule has 0 aliphatic carbocycles. The first-order valence-electron chi connectivity index (χ1n) is 8.09. The molecule has 0 saturated carbocycles. The zero-order valence-corrected chi connectivity index (χ0v) is 15.7. The second-order valence-corrected chi connectivity index (χ2v) is 6.10. The number of halogens is 4. The van der Waals surface area contributed by atoms with Crippen LogP contribution in [0.25, 0.3) is 0 Å². The molecule has 0 fully saturated rings. The summed E-state index contributed by atoms with van der Waals surface area (Å²) in [5.41, 5.74) is 7.95. The molecule has 0 spiro atoms. The number of amides is 1. The molecular weight excluding hydrogens is 381 g/mol. The van der Waals surface area contributed by atoms with Crippen LogP contribution in [0.15, 0.2) is 48.5 Å². The van der Waals surface area contributed by atoms with Crippen LogP contribution in [0.3, 0.4) is 0 Å². The second-order valence-electron chi connectivity index (χ2n) is 6.10. The number of aryl methyl sites for hydroxylation is 1. The number of alkyl halides is 3. The van der Waals surface area contributed by atoms with Gasteiger partial charge < -0.3 is 15.8 Å². The maximum atomic E-state index is 12.4. The fourth-order valence-electron chi connectivity index (χ4n) is 2.43. The van der Waals surface area contributed by atoms with E-state index in [4.69, 9.17) is 10.5 Å². The maximum Gasteiger partial charge on any atom is 0.422 e. The van der Waals surface area contributed by atoms with Crippen LogP contribution in [0.2, 0.25) is 0 Å². The standard InChI is InChI=1S/C19H21F3N2O2.ClH/c1-12-10-15(8-9-16(12)26-11-19(20,21)22)24-18(25)13(2)17(23)14-6-4-3-5-7-14;/h3-10,13,17H,11,23H2,1-2H3,(H,24,25);1H. The minimum atomic E-state index is -4.40. The van der Waals surface area contributed by atoms with Crippen molar-refractivity contribution in [1.29, 1.82) is 0 Å². The number of anilines is 1. The summed E-state index contributed by atoms with van der Waals surface area (Å²) < 4.78 is 41.5. The van der Waals surface area contributed by atoms with Crippen molar-refractivity contribution in [1.82, 2.24) is 0 Å². The molecule has 2 atom stereocenters. The summed E-state index contributed by atoms with van der Waals surface area (Å²) in [6.45, 7) is 1.98. The number of nitrogens with one attached hydrogen (secondary N) is 1. The molecule has 4 nitrogen and oxygen atoms in total. The zero-order valence-electron chi connectivity index (χ0n) is 14.9. The number of hydrogen-bond donors (Lipinski definition) is 2. The molecule has 0 saturated heterocycles. The molecule has 1 amide bonds. The van der Waals surface area contributed by atoms with Crippen LogP contribution in [0, 0.1) is 12.8 Å². The van der Waals surface area contributed by atoms with Gasteiger partial charge in [-0.3, -0.25) is 4.79 Å². The van der Waals surface area contributed by atoms with Gasteiger partial charge in [0.1, 0.15) is 5.75 Å². The van der Waals surface area contributed by atoms with Crippen LogP contribution in [-0.2, 0) is 4.79 Å². The average Bonchev–Trinajstić information content (AvgIpc) is 2.59. The summed E-state index contributed by atoms with van der Waals surface area (Å²) in [4.78, 5) is 12.4. The van der Waals surface area contributed by atoms with Gasteiger partial charge in [-0.2, -0.15) is 13.2 Å². The van der Waals surface area contributed by atoms with Crippen LogP contribution in [0.1, 0.15) is 24.1 Å². The van der Waals surface area contributed by atoms with Crippen molar-refractivity contribution in [3.05, 3.63) is 59.7 Å². The SMILES string of the molecule is Cc1cc(NC(=O)C(C)C(N)c2ccccc2)ccc1OCC(F)(F)F.Cl. The zero-order chi connectivity index (χ0) is 19.3. The molecule has 27 heavy (non-hydrogen) atoms. The predicted octanol–water partition coefficient (Wildman–Crippen LogP) is 4.63. The number of rotatable bonds is 6. The quantitative estimate of drug-likeness (QED) is 0.740. The maximum absolute atomic E-state index is 12.4. The first kappa shape index (κ1) is 22.8. The van der Waals surface area contributed by atoms with Crippen LogP contribution < -0.4 is 15.8 Å². The Hall–Kier alpha value is -2.25. The Morgan fingerprint density at radius 2 is 1.81 bits per heavy atom. The first-order chi connectivity index (χ1) is 12.2. The van der Waals surface area contributed by atoms with Crippen molar-refractivity contribution in [2.75, 3.05) is 11.9 Å². The third-order valence-corrected chi connectivity index (χ3v) is 3.97. The van der Waals surface area contributed by atoms with E-state index in [0.717, 1.165) is 5.56 Å². The fraction of sp³-hybridized carbons (Fsp3) is 0.316. The Morgan fingerprint density at radius 3 is 2.37 bits per heavy atom. The van der Waals surface area contributed by atoms with E-state index >= 15 is 0 Å². The third-order valence-electron chi connectivity index (χ3n) is 3.97. The molecule has 3 N–H and O–H groups in total. The molecule has 0 aliphatic heterocycles. The lowest BCUT2D eigenvalue weighted by molar-refractivity contribution is -0.153. The van der Waals surface area contributed by atoms with Crippen molar-refractivity contribution in [2.45, 2.75) is 26.1 Å². The van der Waals surface area contributed by atoms with Gasteiger partial charge in [0.2, 0.25) is 5.91 Å². The lowest BCUT2D eigenvalue weighted by Crippen LogP contribution is -2.30.